The Morgan fingerprint density at radius 2 is 2.21 bits per heavy atom. The van der Waals surface area contributed by atoms with Crippen molar-refractivity contribution in [2.24, 2.45) is 0 Å². The van der Waals surface area contributed by atoms with E-state index in [-0.39, 0.29) is 17.8 Å². The Kier molecular flexibility index (Phi) is 3.20. The van der Waals surface area contributed by atoms with Crippen LogP contribution < -0.4 is 11.0 Å². The summed E-state index contributed by atoms with van der Waals surface area (Å²) in [5, 5.41) is 19.6. The minimum atomic E-state index is -0.345. The first-order chi connectivity index (χ1) is 9.24. The van der Waals surface area contributed by atoms with Gasteiger partial charge in [-0.25, -0.2) is 19.3 Å². The number of nitrogens with zero attached hydrogens (tertiary/aromatic N) is 3. The predicted octanol–water partition coefficient (Wildman–Crippen LogP) is 0.523. The van der Waals surface area contributed by atoms with Gasteiger partial charge in [-0.3, -0.25) is 0 Å². The standard InChI is InChI=1S/C12H17N5O2/c18-9-5-3-1-2-4-8(9)14-10-6-11-15-16-12(19)17(11)7-13-10/h6-9,14,18H,1-5H2,(H,16,19). The van der Waals surface area contributed by atoms with Gasteiger partial charge in [-0.05, 0) is 12.8 Å². The lowest BCUT2D eigenvalue weighted by atomic mass is 10.1. The van der Waals surface area contributed by atoms with Crippen molar-refractivity contribution in [2.45, 2.75) is 44.2 Å². The van der Waals surface area contributed by atoms with Crippen LogP contribution in [0, 0.1) is 0 Å². The number of rotatable bonds is 2. The van der Waals surface area contributed by atoms with Gasteiger partial charge in [0.1, 0.15) is 12.1 Å². The molecule has 1 aliphatic carbocycles. The first-order valence-electron chi connectivity index (χ1n) is 6.61. The summed E-state index contributed by atoms with van der Waals surface area (Å²) in [4.78, 5) is 15.5. The highest BCUT2D eigenvalue weighted by Crippen LogP contribution is 2.21. The molecule has 0 radical (unpaired) electrons. The number of anilines is 1. The van der Waals surface area contributed by atoms with Gasteiger partial charge in [0, 0.05) is 6.07 Å². The molecule has 2 atom stereocenters. The number of aromatic amines is 1. The molecule has 0 bridgehead atoms. The van der Waals surface area contributed by atoms with E-state index in [9.17, 15) is 9.90 Å². The Hall–Kier alpha value is -1.89. The topological polar surface area (TPSA) is 95.3 Å². The average molecular weight is 263 g/mol. The predicted molar refractivity (Wildman–Crippen MR) is 70.1 cm³/mol. The van der Waals surface area contributed by atoms with Crippen LogP contribution in [0.5, 0.6) is 0 Å². The molecule has 0 aliphatic heterocycles. The van der Waals surface area contributed by atoms with Gasteiger partial charge in [-0.2, -0.15) is 5.10 Å². The van der Waals surface area contributed by atoms with Crippen LogP contribution in [0.15, 0.2) is 17.2 Å². The van der Waals surface area contributed by atoms with E-state index in [2.05, 4.69) is 20.5 Å². The Balaban J connectivity index is 1.81. The number of H-pyrrole nitrogens is 1. The Morgan fingerprint density at radius 3 is 3.11 bits per heavy atom. The third-order valence-electron chi connectivity index (χ3n) is 3.62. The number of fused-ring (bicyclic) bond motifs is 1. The van der Waals surface area contributed by atoms with Gasteiger partial charge in [0.15, 0.2) is 5.65 Å². The fourth-order valence-electron chi connectivity index (χ4n) is 2.54. The van der Waals surface area contributed by atoms with E-state index in [1.807, 2.05) is 0 Å². The number of nitrogens with one attached hydrogen (secondary N) is 2. The molecule has 3 rings (SSSR count). The molecule has 2 aromatic heterocycles. The third-order valence-corrected chi connectivity index (χ3v) is 3.62. The molecule has 0 saturated heterocycles. The van der Waals surface area contributed by atoms with E-state index in [1.165, 1.54) is 10.7 Å². The highest BCUT2D eigenvalue weighted by molar-refractivity contribution is 5.48. The number of aromatic nitrogens is 4. The molecule has 0 aromatic carbocycles. The second-order valence-electron chi connectivity index (χ2n) is 4.99. The molecule has 19 heavy (non-hydrogen) atoms. The molecule has 2 heterocycles. The van der Waals surface area contributed by atoms with Gasteiger partial charge < -0.3 is 10.4 Å². The monoisotopic (exact) mass is 263 g/mol. The zero-order chi connectivity index (χ0) is 13.2. The Labute approximate surface area is 109 Å². The summed E-state index contributed by atoms with van der Waals surface area (Å²) in [6, 6.07) is 1.72. The second-order valence-corrected chi connectivity index (χ2v) is 4.99. The molecule has 1 aliphatic rings. The highest BCUT2D eigenvalue weighted by atomic mass is 16.3. The van der Waals surface area contributed by atoms with Crippen molar-refractivity contribution in [3.8, 4) is 0 Å². The molecule has 2 unspecified atom stereocenters. The maximum Gasteiger partial charge on any atom is 0.348 e. The summed E-state index contributed by atoms with van der Waals surface area (Å²) in [6.45, 7) is 0. The van der Waals surface area contributed by atoms with Crippen molar-refractivity contribution in [3.05, 3.63) is 22.9 Å². The molecule has 2 aromatic rings. The summed E-state index contributed by atoms with van der Waals surface area (Å²) < 4.78 is 1.34. The van der Waals surface area contributed by atoms with Crippen molar-refractivity contribution in [1.29, 1.82) is 0 Å². The maximum absolute atomic E-state index is 11.3. The highest BCUT2D eigenvalue weighted by Gasteiger charge is 2.21. The van der Waals surface area contributed by atoms with Crippen LogP contribution in [0.2, 0.25) is 0 Å². The minimum Gasteiger partial charge on any atom is -0.391 e. The molecular weight excluding hydrogens is 246 g/mol. The largest absolute Gasteiger partial charge is 0.391 e. The lowest BCUT2D eigenvalue weighted by molar-refractivity contribution is 0.144. The molecule has 3 N–H and O–H groups in total. The summed E-state index contributed by atoms with van der Waals surface area (Å²) in [6.07, 6.45) is 6.19. The van der Waals surface area contributed by atoms with Crippen LogP contribution >= 0.6 is 0 Å². The van der Waals surface area contributed by atoms with Crippen LogP contribution in [-0.4, -0.2) is 36.8 Å². The zero-order valence-corrected chi connectivity index (χ0v) is 10.5. The van der Waals surface area contributed by atoms with Crippen LogP contribution in [0.25, 0.3) is 5.65 Å². The first kappa shape index (κ1) is 12.2. The van der Waals surface area contributed by atoms with Gasteiger partial charge in [0.05, 0.1) is 12.1 Å². The molecule has 7 nitrogen and oxygen atoms in total. The van der Waals surface area contributed by atoms with Crippen molar-refractivity contribution in [1.82, 2.24) is 19.6 Å². The SMILES string of the molecule is O=c1[nH]nc2cc(NC3CCCCCC3O)ncn12. The van der Waals surface area contributed by atoms with Gasteiger partial charge >= 0.3 is 5.69 Å². The molecular formula is C12H17N5O2. The Morgan fingerprint density at radius 1 is 1.37 bits per heavy atom. The molecule has 7 heteroatoms. The first-order valence-corrected chi connectivity index (χ1v) is 6.61. The van der Waals surface area contributed by atoms with Crippen LogP contribution in [-0.2, 0) is 0 Å². The summed E-state index contributed by atoms with van der Waals surface area (Å²) >= 11 is 0. The molecule has 102 valence electrons. The van der Waals surface area contributed by atoms with Crippen molar-refractivity contribution in [3.63, 3.8) is 0 Å². The maximum atomic E-state index is 11.3. The summed E-state index contributed by atoms with van der Waals surface area (Å²) in [7, 11) is 0. The molecule has 0 amide bonds. The van der Waals surface area contributed by atoms with E-state index in [0.717, 1.165) is 32.1 Å². The van der Waals surface area contributed by atoms with Crippen molar-refractivity contribution >= 4 is 11.5 Å². The molecule has 1 fully saturated rings. The summed E-state index contributed by atoms with van der Waals surface area (Å²) in [5.41, 5.74) is 0.217. The number of hydrogen-bond acceptors (Lipinski definition) is 5. The van der Waals surface area contributed by atoms with Crippen molar-refractivity contribution < 1.29 is 5.11 Å². The fraction of sp³-hybridized carbons (Fsp3) is 0.583. The molecule has 1 saturated carbocycles. The van der Waals surface area contributed by atoms with E-state index in [0.29, 0.717) is 11.5 Å². The average Bonchev–Trinajstić information content (AvgIpc) is 2.65. The van der Waals surface area contributed by atoms with Gasteiger partial charge in [0.2, 0.25) is 0 Å². The summed E-state index contributed by atoms with van der Waals surface area (Å²) in [5.74, 6) is 0.637. The van der Waals surface area contributed by atoms with E-state index < -0.39 is 0 Å². The Bertz CT molecular complexity index is 620. The number of aliphatic hydroxyl groups is 1. The second kappa shape index (κ2) is 5.00. The van der Waals surface area contributed by atoms with E-state index in [4.69, 9.17) is 0 Å². The smallest absolute Gasteiger partial charge is 0.348 e. The quantitative estimate of drug-likeness (QED) is 0.687. The zero-order valence-electron chi connectivity index (χ0n) is 10.5. The normalized spacial score (nSPS) is 24.3. The number of aliphatic hydroxyl groups excluding tert-OH is 1. The lowest BCUT2D eigenvalue weighted by Crippen LogP contribution is -2.32. The molecule has 0 spiro atoms. The fourth-order valence-corrected chi connectivity index (χ4v) is 2.54. The van der Waals surface area contributed by atoms with Crippen molar-refractivity contribution in [2.75, 3.05) is 5.32 Å². The van der Waals surface area contributed by atoms with E-state index >= 15 is 0 Å². The van der Waals surface area contributed by atoms with Crippen LogP contribution in [0.1, 0.15) is 32.1 Å². The third kappa shape index (κ3) is 2.46. The number of hydrogen-bond donors (Lipinski definition) is 3. The van der Waals surface area contributed by atoms with Gasteiger partial charge in [0.25, 0.3) is 0 Å². The van der Waals surface area contributed by atoms with Gasteiger partial charge in [-0.1, -0.05) is 19.3 Å². The lowest BCUT2D eigenvalue weighted by Gasteiger charge is -2.22. The van der Waals surface area contributed by atoms with Crippen LogP contribution in [0.3, 0.4) is 0 Å². The minimum absolute atomic E-state index is 0.0168. The van der Waals surface area contributed by atoms with Crippen LogP contribution in [0.4, 0.5) is 5.82 Å². The van der Waals surface area contributed by atoms with E-state index in [1.54, 1.807) is 6.07 Å². The van der Waals surface area contributed by atoms with Gasteiger partial charge in [-0.15, -0.1) is 0 Å².